The van der Waals surface area contributed by atoms with E-state index in [0.29, 0.717) is 28.2 Å². The Kier molecular flexibility index (Phi) is 5.99. The van der Waals surface area contributed by atoms with Crippen LogP contribution >= 0.6 is 11.3 Å². The zero-order valence-corrected chi connectivity index (χ0v) is 15.9. The first-order valence-electron chi connectivity index (χ1n) is 8.59. The van der Waals surface area contributed by atoms with Crippen LogP contribution in [0.1, 0.15) is 19.0 Å². The van der Waals surface area contributed by atoms with Crippen LogP contribution in [-0.2, 0) is 27.3 Å². The van der Waals surface area contributed by atoms with E-state index in [1.165, 1.54) is 11.3 Å². The van der Waals surface area contributed by atoms with Crippen LogP contribution in [0.5, 0.6) is 0 Å². The van der Waals surface area contributed by atoms with Gasteiger partial charge in [0.2, 0.25) is 5.91 Å². The van der Waals surface area contributed by atoms with Crippen molar-refractivity contribution in [2.75, 3.05) is 11.9 Å². The normalized spacial score (nSPS) is 10.8. The highest BCUT2D eigenvalue weighted by Crippen LogP contribution is 2.16. The summed E-state index contributed by atoms with van der Waals surface area (Å²) in [5, 5.41) is 7.72. The number of carbonyl (C=O) groups excluding carboxylic acids is 2. The summed E-state index contributed by atoms with van der Waals surface area (Å²) >= 11 is 1.19. The van der Waals surface area contributed by atoms with Crippen molar-refractivity contribution in [2.24, 2.45) is 0 Å². The van der Waals surface area contributed by atoms with E-state index in [9.17, 15) is 19.2 Å². The highest BCUT2D eigenvalue weighted by Gasteiger charge is 2.12. The number of ether oxygens (including phenoxy) is 1. The van der Waals surface area contributed by atoms with E-state index in [1.807, 2.05) is 0 Å². The zero-order valence-electron chi connectivity index (χ0n) is 15.1. The van der Waals surface area contributed by atoms with Crippen molar-refractivity contribution in [1.82, 2.24) is 14.8 Å². The van der Waals surface area contributed by atoms with Crippen molar-refractivity contribution < 1.29 is 14.3 Å². The molecule has 0 unspecified atom stereocenters. The monoisotopic (exact) mass is 402 g/mol. The van der Waals surface area contributed by atoms with Crippen LogP contribution < -0.4 is 16.4 Å². The maximum absolute atomic E-state index is 12.4. The largest absolute Gasteiger partial charge is 0.466 e. The molecule has 3 aromatic rings. The smallest absolute Gasteiger partial charge is 0.311 e. The van der Waals surface area contributed by atoms with Crippen LogP contribution in [0.25, 0.3) is 10.8 Å². The van der Waals surface area contributed by atoms with Crippen molar-refractivity contribution in [3.05, 3.63) is 56.0 Å². The lowest BCUT2D eigenvalue weighted by Crippen LogP contribution is -2.31. The standard InChI is InChI=1S/C18H18N4O5S/c1-2-27-15(24)9-11-10-28-18(19-11)20-14(23)7-8-22-17(26)13-6-4-3-5-12(13)16(25)21-22/h3-6,10H,2,7-9H2,1H3,(H,21,25)(H,19,20,23). The second kappa shape index (κ2) is 8.61. The van der Waals surface area contributed by atoms with Crippen molar-refractivity contribution in [2.45, 2.75) is 26.3 Å². The van der Waals surface area contributed by atoms with E-state index in [2.05, 4.69) is 15.4 Å². The number of aromatic amines is 1. The van der Waals surface area contributed by atoms with Crippen molar-refractivity contribution in [1.29, 1.82) is 0 Å². The predicted molar refractivity (Wildman–Crippen MR) is 105 cm³/mol. The number of carbonyl (C=O) groups is 2. The molecular weight excluding hydrogens is 384 g/mol. The van der Waals surface area contributed by atoms with Crippen LogP contribution in [0.3, 0.4) is 0 Å². The van der Waals surface area contributed by atoms with Gasteiger partial charge in [0.05, 0.1) is 36.0 Å². The van der Waals surface area contributed by atoms with Crippen LogP contribution in [0.15, 0.2) is 39.2 Å². The van der Waals surface area contributed by atoms with E-state index in [1.54, 1.807) is 36.6 Å². The first-order valence-corrected chi connectivity index (χ1v) is 9.47. The summed E-state index contributed by atoms with van der Waals surface area (Å²) in [6.45, 7) is 2.04. The SMILES string of the molecule is CCOC(=O)Cc1csc(NC(=O)CCn2[nH]c(=O)c3ccccc3c2=O)n1. The number of aromatic nitrogens is 3. The first kappa shape index (κ1) is 19.5. The Morgan fingerprint density at radius 2 is 2.00 bits per heavy atom. The molecular formula is C18H18N4O5S. The number of hydrogen-bond acceptors (Lipinski definition) is 7. The molecule has 0 radical (unpaired) electrons. The van der Waals surface area contributed by atoms with E-state index < -0.39 is 0 Å². The third kappa shape index (κ3) is 4.52. The van der Waals surface area contributed by atoms with Gasteiger partial charge in [0.25, 0.3) is 11.1 Å². The maximum Gasteiger partial charge on any atom is 0.311 e. The number of nitrogens with one attached hydrogen (secondary N) is 2. The van der Waals surface area contributed by atoms with E-state index in [-0.39, 0.29) is 42.4 Å². The molecule has 3 rings (SSSR count). The molecule has 0 bridgehead atoms. The number of hydrogen-bond donors (Lipinski definition) is 2. The summed E-state index contributed by atoms with van der Waals surface area (Å²) in [6.07, 6.45) is 0.00884. The molecule has 0 aliphatic carbocycles. The Morgan fingerprint density at radius 1 is 1.25 bits per heavy atom. The number of H-pyrrole nitrogens is 1. The number of aryl methyl sites for hydroxylation is 1. The Balaban J connectivity index is 1.62. The van der Waals surface area contributed by atoms with Crippen LogP contribution in [0.4, 0.5) is 5.13 Å². The molecule has 9 nitrogen and oxygen atoms in total. The first-order chi connectivity index (χ1) is 13.5. The van der Waals surface area contributed by atoms with E-state index in [4.69, 9.17) is 4.74 Å². The summed E-state index contributed by atoms with van der Waals surface area (Å²) < 4.78 is 5.98. The number of benzene rings is 1. The van der Waals surface area contributed by atoms with Crippen molar-refractivity contribution in [3.8, 4) is 0 Å². The fourth-order valence-corrected chi connectivity index (χ4v) is 3.33. The van der Waals surface area contributed by atoms with Gasteiger partial charge in [-0.25, -0.2) is 9.67 Å². The molecule has 10 heteroatoms. The number of esters is 1. The lowest BCUT2D eigenvalue weighted by Gasteiger charge is -2.07. The van der Waals surface area contributed by atoms with Gasteiger partial charge in [-0.1, -0.05) is 12.1 Å². The molecule has 0 saturated heterocycles. The molecule has 2 aromatic heterocycles. The van der Waals surface area contributed by atoms with Gasteiger partial charge in [-0.2, -0.15) is 0 Å². The minimum absolute atomic E-state index is 0.0196. The molecule has 0 fully saturated rings. The number of thiazole rings is 1. The molecule has 0 aliphatic heterocycles. The van der Waals surface area contributed by atoms with Gasteiger partial charge in [0, 0.05) is 11.8 Å². The molecule has 0 aliphatic rings. The fraction of sp³-hybridized carbons (Fsp3) is 0.278. The maximum atomic E-state index is 12.4. The van der Waals surface area contributed by atoms with Gasteiger partial charge >= 0.3 is 5.97 Å². The lowest BCUT2D eigenvalue weighted by atomic mass is 10.2. The van der Waals surface area contributed by atoms with E-state index >= 15 is 0 Å². The minimum Gasteiger partial charge on any atom is -0.466 e. The summed E-state index contributed by atoms with van der Waals surface area (Å²) in [7, 11) is 0. The highest BCUT2D eigenvalue weighted by molar-refractivity contribution is 7.13. The van der Waals surface area contributed by atoms with Gasteiger partial charge in [0.15, 0.2) is 5.13 Å². The average molecular weight is 402 g/mol. The number of amides is 1. The number of fused-ring (bicyclic) bond motifs is 1. The fourth-order valence-electron chi connectivity index (χ4n) is 2.60. The molecule has 2 N–H and O–H groups in total. The molecule has 0 saturated carbocycles. The van der Waals surface area contributed by atoms with Crippen LogP contribution in [0.2, 0.25) is 0 Å². The number of nitrogens with zero attached hydrogens (tertiary/aromatic N) is 2. The van der Waals surface area contributed by atoms with E-state index in [0.717, 1.165) is 4.68 Å². The predicted octanol–water partition coefficient (Wildman–Crippen LogP) is 1.28. The van der Waals surface area contributed by atoms with Gasteiger partial charge in [0.1, 0.15) is 0 Å². The second-order valence-electron chi connectivity index (χ2n) is 5.87. The second-order valence-corrected chi connectivity index (χ2v) is 6.73. The third-order valence-corrected chi connectivity index (χ3v) is 4.68. The summed E-state index contributed by atoms with van der Waals surface area (Å²) in [5.41, 5.74) is -0.248. The summed E-state index contributed by atoms with van der Waals surface area (Å²) in [4.78, 5) is 52.2. The topological polar surface area (TPSA) is 123 Å². The Labute approximate surface area is 163 Å². The lowest BCUT2D eigenvalue weighted by molar-refractivity contribution is -0.142. The molecule has 146 valence electrons. The Morgan fingerprint density at radius 3 is 2.75 bits per heavy atom. The van der Waals surface area contributed by atoms with Gasteiger partial charge in [-0.05, 0) is 19.1 Å². The zero-order chi connectivity index (χ0) is 20.1. The quantitative estimate of drug-likeness (QED) is 0.574. The Bertz CT molecular complexity index is 1130. The molecule has 28 heavy (non-hydrogen) atoms. The third-order valence-electron chi connectivity index (χ3n) is 3.88. The van der Waals surface area contributed by atoms with Gasteiger partial charge in [-0.3, -0.25) is 24.3 Å². The highest BCUT2D eigenvalue weighted by atomic mass is 32.1. The molecule has 2 heterocycles. The molecule has 0 atom stereocenters. The average Bonchev–Trinajstić information content (AvgIpc) is 3.10. The Hall–Kier alpha value is -3.27. The molecule has 1 aromatic carbocycles. The molecule has 1 amide bonds. The summed E-state index contributed by atoms with van der Waals surface area (Å²) in [5.74, 6) is -0.747. The van der Waals surface area contributed by atoms with Gasteiger partial charge in [-0.15, -0.1) is 11.3 Å². The van der Waals surface area contributed by atoms with Crippen molar-refractivity contribution >= 4 is 39.1 Å². The summed E-state index contributed by atoms with van der Waals surface area (Å²) in [6, 6.07) is 6.50. The van der Waals surface area contributed by atoms with Crippen LogP contribution in [0, 0.1) is 0 Å². The molecule has 0 spiro atoms. The van der Waals surface area contributed by atoms with Gasteiger partial charge < -0.3 is 10.1 Å². The minimum atomic E-state index is -0.390. The number of anilines is 1. The number of rotatable bonds is 7. The van der Waals surface area contributed by atoms with Crippen molar-refractivity contribution in [3.63, 3.8) is 0 Å². The van der Waals surface area contributed by atoms with Crippen LogP contribution in [-0.4, -0.2) is 33.2 Å².